The molecule has 0 aliphatic heterocycles. The summed E-state index contributed by atoms with van der Waals surface area (Å²) >= 11 is 0. The zero-order chi connectivity index (χ0) is 14.5. The Labute approximate surface area is 124 Å². The van der Waals surface area contributed by atoms with E-state index in [2.05, 4.69) is 56.2 Å². The van der Waals surface area contributed by atoms with Crippen molar-refractivity contribution in [1.29, 1.82) is 0 Å². The first-order valence-corrected chi connectivity index (χ1v) is 8.12. The van der Waals surface area contributed by atoms with E-state index < -0.39 is 0 Å². The highest BCUT2D eigenvalue weighted by atomic mass is 15.2. The summed E-state index contributed by atoms with van der Waals surface area (Å²) < 4.78 is 0. The maximum atomic E-state index is 3.72. The summed E-state index contributed by atoms with van der Waals surface area (Å²) in [6, 6.07) is 8.18. The molecule has 0 radical (unpaired) electrons. The monoisotopic (exact) mass is 274 g/mol. The number of hydrogen-bond donors (Lipinski definition) is 1. The molecular formula is C18H30N2. The minimum atomic E-state index is 0.458. The van der Waals surface area contributed by atoms with E-state index >= 15 is 0 Å². The van der Waals surface area contributed by atoms with Gasteiger partial charge in [0.05, 0.1) is 0 Å². The first kappa shape index (κ1) is 15.5. The summed E-state index contributed by atoms with van der Waals surface area (Å²) in [5.74, 6) is 0. The van der Waals surface area contributed by atoms with Gasteiger partial charge >= 0.3 is 0 Å². The topological polar surface area (TPSA) is 15.3 Å². The normalized spacial score (nSPS) is 17.2. The average molecular weight is 274 g/mol. The van der Waals surface area contributed by atoms with Crippen molar-refractivity contribution in [2.45, 2.75) is 58.5 Å². The zero-order valence-electron chi connectivity index (χ0n) is 13.6. The largest absolute Gasteiger partial charge is 0.309 e. The van der Waals surface area contributed by atoms with Crippen LogP contribution in [-0.4, -0.2) is 31.1 Å². The molecule has 1 aliphatic carbocycles. The van der Waals surface area contributed by atoms with Crippen LogP contribution in [0.1, 0.15) is 55.3 Å². The SMILES string of the molecule is CCCNC(CN(C)C1CCC1)c1ccc(C)c(C)c1. The summed E-state index contributed by atoms with van der Waals surface area (Å²) in [4.78, 5) is 2.55. The van der Waals surface area contributed by atoms with Crippen LogP contribution < -0.4 is 5.32 Å². The van der Waals surface area contributed by atoms with E-state index in [1.165, 1.54) is 42.4 Å². The molecule has 2 rings (SSSR count). The summed E-state index contributed by atoms with van der Waals surface area (Å²) in [5, 5.41) is 3.72. The maximum Gasteiger partial charge on any atom is 0.0449 e. The van der Waals surface area contributed by atoms with E-state index in [1.807, 2.05) is 0 Å². The third-order valence-electron chi connectivity index (χ3n) is 4.74. The smallest absolute Gasteiger partial charge is 0.0449 e. The molecule has 2 nitrogen and oxygen atoms in total. The van der Waals surface area contributed by atoms with Crippen molar-refractivity contribution < 1.29 is 0 Å². The minimum absolute atomic E-state index is 0.458. The number of likely N-dealkylation sites (N-methyl/N-ethyl adjacent to an activating group) is 1. The summed E-state index contributed by atoms with van der Waals surface area (Å²) in [6.45, 7) is 8.85. The number of nitrogens with zero attached hydrogens (tertiary/aromatic N) is 1. The van der Waals surface area contributed by atoms with Crippen molar-refractivity contribution in [3.05, 3.63) is 34.9 Å². The van der Waals surface area contributed by atoms with Crippen molar-refractivity contribution in [3.63, 3.8) is 0 Å². The molecule has 1 aromatic carbocycles. The lowest BCUT2D eigenvalue weighted by atomic mass is 9.91. The van der Waals surface area contributed by atoms with Crippen LogP contribution in [0, 0.1) is 13.8 Å². The second-order valence-electron chi connectivity index (χ2n) is 6.37. The number of nitrogens with one attached hydrogen (secondary N) is 1. The Morgan fingerprint density at radius 2 is 2.00 bits per heavy atom. The van der Waals surface area contributed by atoms with Gasteiger partial charge in [0.1, 0.15) is 0 Å². The van der Waals surface area contributed by atoms with Gasteiger partial charge in [-0.2, -0.15) is 0 Å². The van der Waals surface area contributed by atoms with Crippen LogP contribution in [0.4, 0.5) is 0 Å². The lowest BCUT2D eigenvalue weighted by Gasteiger charge is -2.37. The molecule has 0 aromatic heterocycles. The molecule has 20 heavy (non-hydrogen) atoms. The van der Waals surface area contributed by atoms with E-state index in [1.54, 1.807) is 0 Å². The van der Waals surface area contributed by atoms with Crippen molar-refractivity contribution in [3.8, 4) is 0 Å². The standard InChI is InChI=1S/C18H30N2/c1-5-11-19-18(13-20(4)17-7-6-8-17)16-10-9-14(2)15(3)12-16/h9-10,12,17-19H,5-8,11,13H2,1-4H3. The van der Waals surface area contributed by atoms with Gasteiger partial charge in [-0.25, -0.2) is 0 Å². The first-order valence-electron chi connectivity index (χ1n) is 8.12. The van der Waals surface area contributed by atoms with E-state index in [4.69, 9.17) is 0 Å². The van der Waals surface area contributed by atoms with Crippen LogP contribution in [0.3, 0.4) is 0 Å². The fraction of sp³-hybridized carbons (Fsp3) is 0.667. The molecule has 0 saturated heterocycles. The van der Waals surface area contributed by atoms with Gasteiger partial charge in [0.25, 0.3) is 0 Å². The fourth-order valence-corrected chi connectivity index (χ4v) is 2.85. The van der Waals surface area contributed by atoms with E-state index in [-0.39, 0.29) is 0 Å². The van der Waals surface area contributed by atoms with Crippen molar-refractivity contribution in [2.75, 3.05) is 20.1 Å². The highest BCUT2D eigenvalue weighted by molar-refractivity contribution is 5.32. The Balaban J connectivity index is 2.06. The van der Waals surface area contributed by atoms with Gasteiger partial charge in [0.2, 0.25) is 0 Å². The molecule has 112 valence electrons. The Kier molecular flexibility index (Phi) is 5.62. The van der Waals surface area contributed by atoms with Gasteiger partial charge in [-0.15, -0.1) is 0 Å². The van der Waals surface area contributed by atoms with Gasteiger partial charge in [-0.05, 0) is 63.4 Å². The summed E-state index contributed by atoms with van der Waals surface area (Å²) in [5.41, 5.74) is 4.22. The predicted molar refractivity (Wildman–Crippen MR) is 87.2 cm³/mol. The Bertz CT molecular complexity index is 423. The van der Waals surface area contributed by atoms with Gasteiger partial charge in [-0.1, -0.05) is 31.5 Å². The highest BCUT2D eigenvalue weighted by Crippen LogP contribution is 2.26. The first-order chi connectivity index (χ1) is 9.61. The maximum absolute atomic E-state index is 3.72. The van der Waals surface area contributed by atoms with Crippen molar-refractivity contribution in [1.82, 2.24) is 10.2 Å². The molecule has 0 heterocycles. The molecular weight excluding hydrogens is 244 g/mol. The highest BCUT2D eigenvalue weighted by Gasteiger charge is 2.24. The second kappa shape index (κ2) is 7.24. The van der Waals surface area contributed by atoms with Crippen molar-refractivity contribution in [2.24, 2.45) is 0 Å². The molecule has 1 unspecified atom stereocenters. The van der Waals surface area contributed by atoms with Crippen molar-refractivity contribution >= 4 is 0 Å². The quantitative estimate of drug-likeness (QED) is 0.813. The summed E-state index contributed by atoms with van der Waals surface area (Å²) in [7, 11) is 2.28. The lowest BCUT2D eigenvalue weighted by molar-refractivity contribution is 0.145. The number of aryl methyl sites for hydroxylation is 2. The van der Waals surface area contributed by atoms with Crippen LogP contribution in [-0.2, 0) is 0 Å². The summed E-state index contributed by atoms with van der Waals surface area (Å²) in [6.07, 6.45) is 5.36. The third kappa shape index (κ3) is 3.83. The van der Waals surface area contributed by atoms with E-state index in [9.17, 15) is 0 Å². The van der Waals surface area contributed by atoms with E-state index in [0.29, 0.717) is 6.04 Å². The van der Waals surface area contributed by atoms with Gasteiger partial charge in [0.15, 0.2) is 0 Å². The number of rotatable bonds is 7. The third-order valence-corrected chi connectivity index (χ3v) is 4.74. The van der Waals surface area contributed by atoms with Crippen LogP contribution in [0.5, 0.6) is 0 Å². The van der Waals surface area contributed by atoms with Crippen LogP contribution in [0.2, 0.25) is 0 Å². The molecule has 1 aliphatic rings. The molecule has 1 N–H and O–H groups in total. The van der Waals surface area contributed by atoms with Crippen LogP contribution >= 0.6 is 0 Å². The Morgan fingerprint density at radius 1 is 1.25 bits per heavy atom. The van der Waals surface area contributed by atoms with E-state index in [0.717, 1.165) is 19.1 Å². The van der Waals surface area contributed by atoms with Gasteiger partial charge in [0, 0.05) is 18.6 Å². The molecule has 0 amide bonds. The fourth-order valence-electron chi connectivity index (χ4n) is 2.85. The number of hydrogen-bond acceptors (Lipinski definition) is 2. The molecule has 1 fully saturated rings. The molecule has 1 saturated carbocycles. The Hall–Kier alpha value is -0.860. The minimum Gasteiger partial charge on any atom is -0.309 e. The molecule has 2 heteroatoms. The van der Waals surface area contributed by atoms with Gasteiger partial charge in [-0.3, -0.25) is 0 Å². The molecule has 1 aromatic rings. The lowest BCUT2D eigenvalue weighted by Crippen LogP contribution is -2.42. The average Bonchev–Trinajstić information content (AvgIpc) is 2.35. The van der Waals surface area contributed by atoms with Crippen LogP contribution in [0.15, 0.2) is 18.2 Å². The van der Waals surface area contributed by atoms with Crippen LogP contribution in [0.25, 0.3) is 0 Å². The Morgan fingerprint density at radius 3 is 2.55 bits per heavy atom. The molecule has 0 spiro atoms. The predicted octanol–water partition coefficient (Wildman–Crippen LogP) is 3.83. The second-order valence-corrected chi connectivity index (χ2v) is 6.37. The number of benzene rings is 1. The zero-order valence-corrected chi connectivity index (χ0v) is 13.6. The molecule has 1 atom stereocenters. The molecule has 0 bridgehead atoms. The van der Waals surface area contributed by atoms with Gasteiger partial charge < -0.3 is 10.2 Å².